The molecule has 0 saturated carbocycles. The molecule has 0 unspecified atom stereocenters. The van der Waals surface area contributed by atoms with Crippen molar-refractivity contribution >= 4 is 24.3 Å². The zero-order valence-electron chi connectivity index (χ0n) is 8.31. The van der Waals surface area contributed by atoms with E-state index in [0.717, 1.165) is 11.8 Å². The van der Waals surface area contributed by atoms with Gasteiger partial charge in [0.1, 0.15) is 11.6 Å². The molecule has 0 aliphatic rings. The molecule has 0 bridgehead atoms. The minimum absolute atomic E-state index is 0.170. The first kappa shape index (κ1) is 12.4. The summed E-state index contributed by atoms with van der Waals surface area (Å²) in [6.45, 7) is 0.508. The van der Waals surface area contributed by atoms with E-state index in [1.165, 1.54) is 12.1 Å². The van der Waals surface area contributed by atoms with Gasteiger partial charge in [-0.05, 0) is 24.5 Å². The molecule has 0 saturated heterocycles. The van der Waals surface area contributed by atoms with Crippen LogP contribution in [0, 0.1) is 5.82 Å². The maximum atomic E-state index is 13.0. The minimum Gasteiger partial charge on any atom is -0.493 e. The third kappa shape index (κ3) is 3.73. The molecule has 0 radical (unpaired) electrons. The lowest BCUT2D eigenvalue weighted by Crippen LogP contribution is -2.32. The van der Waals surface area contributed by atoms with Crippen LogP contribution in [0.25, 0.3) is 0 Å². The summed E-state index contributed by atoms with van der Waals surface area (Å²) >= 11 is 1.64. The molecule has 0 atom stereocenters. The molecule has 6 heteroatoms. The highest BCUT2D eigenvalue weighted by Crippen LogP contribution is 2.10. The fourth-order valence-corrected chi connectivity index (χ4v) is 1.30. The van der Waals surface area contributed by atoms with Crippen molar-refractivity contribution in [3.05, 3.63) is 24.0 Å². The van der Waals surface area contributed by atoms with Crippen molar-refractivity contribution in [3.63, 3.8) is 0 Å². The first-order valence-corrected chi connectivity index (χ1v) is 5.82. The summed E-state index contributed by atoms with van der Waals surface area (Å²) in [5.74, 6) is 0.616. The molecule has 15 heavy (non-hydrogen) atoms. The molecular formula is C9H12BFO3S. The average molecular weight is 230 g/mol. The van der Waals surface area contributed by atoms with Crippen LogP contribution in [0.4, 0.5) is 4.39 Å². The zero-order valence-corrected chi connectivity index (χ0v) is 9.13. The van der Waals surface area contributed by atoms with Crippen LogP contribution >= 0.6 is 11.8 Å². The highest BCUT2D eigenvalue weighted by Gasteiger charge is 2.17. The van der Waals surface area contributed by atoms with Crippen LogP contribution in [0.2, 0.25) is 0 Å². The van der Waals surface area contributed by atoms with Gasteiger partial charge in [-0.3, -0.25) is 0 Å². The lowest BCUT2D eigenvalue weighted by atomic mass is 9.80. The minimum atomic E-state index is -1.81. The quantitative estimate of drug-likeness (QED) is 0.562. The zero-order chi connectivity index (χ0) is 11.3. The van der Waals surface area contributed by atoms with Gasteiger partial charge in [-0.2, -0.15) is 11.8 Å². The number of hydrogen-bond donors (Lipinski definition) is 2. The Balaban J connectivity index is 2.70. The SMILES string of the molecule is CSCCOc1ccc(F)c(B(O)O)c1. The summed E-state index contributed by atoms with van der Waals surface area (Å²) in [5, 5.41) is 17.7. The molecule has 0 fully saturated rings. The van der Waals surface area contributed by atoms with Crippen LogP contribution in [0.5, 0.6) is 5.75 Å². The molecule has 1 rings (SSSR count). The van der Waals surface area contributed by atoms with Gasteiger partial charge in [0, 0.05) is 11.2 Å². The van der Waals surface area contributed by atoms with Crippen LogP contribution in [-0.4, -0.2) is 35.8 Å². The Hall–Kier alpha value is -0.715. The molecule has 0 aliphatic carbocycles. The smallest absolute Gasteiger partial charge is 0.491 e. The summed E-state index contributed by atoms with van der Waals surface area (Å²) < 4.78 is 18.3. The fraction of sp³-hybridized carbons (Fsp3) is 0.333. The van der Waals surface area contributed by atoms with Crippen molar-refractivity contribution in [1.29, 1.82) is 0 Å². The van der Waals surface area contributed by atoms with Crippen molar-refractivity contribution < 1.29 is 19.2 Å². The van der Waals surface area contributed by atoms with Gasteiger partial charge in [0.2, 0.25) is 0 Å². The summed E-state index contributed by atoms with van der Waals surface area (Å²) in [4.78, 5) is 0. The highest BCUT2D eigenvalue weighted by atomic mass is 32.2. The Morgan fingerprint density at radius 1 is 1.47 bits per heavy atom. The van der Waals surface area contributed by atoms with Gasteiger partial charge in [-0.15, -0.1) is 0 Å². The van der Waals surface area contributed by atoms with Crippen molar-refractivity contribution in [1.82, 2.24) is 0 Å². The van der Waals surface area contributed by atoms with Gasteiger partial charge < -0.3 is 14.8 Å². The number of halogens is 1. The van der Waals surface area contributed by atoms with Gasteiger partial charge >= 0.3 is 7.12 Å². The van der Waals surface area contributed by atoms with Crippen LogP contribution in [-0.2, 0) is 0 Å². The summed E-state index contributed by atoms with van der Waals surface area (Å²) in [6, 6.07) is 3.91. The number of rotatable bonds is 5. The summed E-state index contributed by atoms with van der Waals surface area (Å²) in [7, 11) is -1.81. The third-order valence-electron chi connectivity index (χ3n) is 1.80. The first-order valence-electron chi connectivity index (χ1n) is 4.42. The van der Waals surface area contributed by atoms with E-state index >= 15 is 0 Å². The molecular weight excluding hydrogens is 218 g/mol. The van der Waals surface area contributed by atoms with Crippen molar-refractivity contribution in [2.45, 2.75) is 0 Å². The Bertz CT molecular complexity index is 322. The highest BCUT2D eigenvalue weighted by molar-refractivity contribution is 7.98. The average Bonchev–Trinajstić information content (AvgIpc) is 2.20. The largest absolute Gasteiger partial charge is 0.493 e. The van der Waals surface area contributed by atoms with Crippen LogP contribution in [0.1, 0.15) is 0 Å². The summed E-state index contributed by atoms with van der Waals surface area (Å²) in [6.07, 6.45) is 1.96. The topological polar surface area (TPSA) is 49.7 Å². The molecule has 2 N–H and O–H groups in total. The van der Waals surface area contributed by atoms with Gasteiger partial charge in [0.25, 0.3) is 0 Å². The molecule has 3 nitrogen and oxygen atoms in total. The lowest BCUT2D eigenvalue weighted by molar-refractivity contribution is 0.343. The van der Waals surface area contributed by atoms with E-state index in [2.05, 4.69) is 0 Å². The second-order valence-electron chi connectivity index (χ2n) is 2.90. The van der Waals surface area contributed by atoms with E-state index in [9.17, 15) is 4.39 Å². The third-order valence-corrected chi connectivity index (χ3v) is 2.38. The molecule has 0 aliphatic heterocycles. The monoisotopic (exact) mass is 230 g/mol. The van der Waals surface area contributed by atoms with E-state index in [1.807, 2.05) is 6.26 Å². The number of benzene rings is 1. The number of ether oxygens (including phenoxy) is 1. The Labute approximate surface area is 92.4 Å². The normalized spacial score (nSPS) is 10.1. The van der Waals surface area contributed by atoms with E-state index in [0.29, 0.717) is 12.4 Å². The Morgan fingerprint density at radius 3 is 2.80 bits per heavy atom. The molecule has 0 aromatic heterocycles. The van der Waals surface area contributed by atoms with Crippen molar-refractivity contribution in [2.75, 3.05) is 18.6 Å². The maximum Gasteiger partial charge on any atom is 0.491 e. The molecule has 0 spiro atoms. The van der Waals surface area contributed by atoms with E-state index in [4.69, 9.17) is 14.8 Å². The van der Waals surface area contributed by atoms with Crippen LogP contribution < -0.4 is 10.2 Å². The van der Waals surface area contributed by atoms with E-state index < -0.39 is 12.9 Å². The van der Waals surface area contributed by atoms with E-state index in [1.54, 1.807) is 11.8 Å². The molecule has 1 aromatic rings. The summed E-state index contributed by atoms with van der Waals surface area (Å²) in [5.41, 5.74) is -0.170. The molecule has 82 valence electrons. The Morgan fingerprint density at radius 2 is 2.20 bits per heavy atom. The molecule has 0 heterocycles. The van der Waals surface area contributed by atoms with Crippen LogP contribution in [0.15, 0.2) is 18.2 Å². The Kier molecular flexibility index (Phi) is 4.94. The van der Waals surface area contributed by atoms with Gasteiger partial charge in [-0.25, -0.2) is 4.39 Å². The first-order chi connectivity index (χ1) is 7.15. The van der Waals surface area contributed by atoms with Gasteiger partial charge in [0.05, 0.1) is 6.61 Å². The standard InChI is InChI=1S/C9H12BFO3S/c1-15-5-4-14-7-2-3-9(11)8(6-7)10(12)13/h2-3,6,12-13H,4-5H2,1H3. The maximum absolute atomic E-state index is 13.0. The number of hydrogen-bond acceptors (Lipinski definition) is 4. The molecule has 1 aromatic carbocycles. The fourth-order valence-electron chi connectivity index (χ4n) is 1.05. The predicted octanol–water partition coefficient (Wildman–Crippen LogP) is 0.247. The van der Waals surface area contributed by atoms with Crippen LogP contribution in [0.3, 0.4) is 0 Å². The predicted molar refractivity (Wildman–Crippen MR) is 60.1 cm³/mol. The molecule has 0 amide bonds. The van der Waals surface area contributed by atoms with E-state index in [-0.39, 0.29) is 5.46 Å². The second kappa shape index (κ2) is 6.00. The van der Waals surface area contributed by atoms with Gasteiger partial charge in [0.15, 0.2) is 0 Å². The second-order valence-corrected chi connectivity index (χ2v) is 3.88. The number of thioether (sulfide) groups is 1. The lowest BCUT2D eigenvalue weighted by Gasteiger charge is -2.07. The van der Waals surface area contributed by atoms with Crippen molar-refractivity contribution in [2.24, 2.45) is 0 Å². The van der Waals surface area contributed by atoms with Gasteiger partial charge in [-0.1, -0.05) is 0 Å². The van der Waals surface area contributed by atoms with Crippen molar-refractivity contribution in [3.8, 4) is 5.75 Å².